The number of amides is 1. The minimum Gasteiger partial charge on any atom is -0.496 e. The molecular formula is C19H17F3N4O4S. The summed E-state index contributed by atoms with van der Waals surface area (Å²) in [6.07, 6.45) is -3.82. The molecule has 0 aliphatic carbocycles. The second kappa shape index (κ2) is 8.04. The third-order valence-corrected chi connectivity index (χ3v) is 5.39. The van der Waals surface area contributed by atoms with Gasteiger partial charge in [-0.15, -0.1) is 0 Å². The summed E-state index contributed by atoms with van der Waals surface area (Å²) in [6, 6.07) is 8.91. The lowest BCUT2D eigenvalue weighted by molar-refractivity contribution is -0.137. The van der Waals surface area contributed by atoms with E-state index < -0.39 is 32.6 Å². The summed E-state index contributed by atoms with van der Waals surface area (Å²) in [4.78, 5) is 11.1. The van der Waals surface area contributed by atoms with Crippen LogP contribution >= 0.6 is 0 Å². The average Bonchev–Trinajstić information content (AvgIpc) is 3.17. The van der Waals surface area contributed by atoms with Gasteiger partial charge in [0.25, 0.3) is 0 Å². The van der Waals surface area contributed by atoms with E-state index in [1.807, 2.05) is 0 Å². The Balaban J connectivity index is 2.42. The first-order chi connectivity index (χ1) is 14.4. The fourth-order valence-electron chi connectivity index (χ4n) is 3.16. The Hall–Kier alpha value is -3.38. The normalized spacial score (nSPS) is 12.0. The van der Waals surface area contributed by atoms with Crippen molar-refractivity contribution in [1.82, 2.24) is 9.78 Å². The average molecular weight is 454 g/mol. The molecular weight excluding hydrogens is 437 g/mol. The van der Waals surface area contributed by atoms with Crippen LogP contribution in [0.3, 0.4) is 0 Å². The van der Waals surface area contributed by atoms with Gasteiger partial charge in [-0.2, -0.15) is 18.3 Å². The molecule has 0 aliphatic rings. The van der Waals surface area contributed by atoms with E-state index >= 15 is 0 Å². The van der Waals surface area contributed by atoms with Crippen molar-refractivity contribution in [2.75, 3.05) is 7.11 Å². The first-order valence-electron chi connectivity index (χ1n) is 8.66. The number of halogens is 3. The lowest BCUT2D eigenvalue weighted by Crippen LogP contribution is -2.20. The van der Waals surface area contributed by atoms with Gasteiger partial charge in [-0.1, -0.05) is 24.3 Å². The van der Waals surface area contributed by atoms with Crippen LogP contribution in [0.1, 0.15) is 11.1 Å². The number of carbonyl (C=O) groups excluding carboxylic acids is 1. The van der Waals surface area contributed by atoms with E-state index in [1.165, 1.54) is 25.3 Å². The van der Waals surface area contributed by atoms with E-state index in [0.717, 1.165) is 4.68 Å². The van der Waals surface area contributed by atoms with Gasteiger partial charge in [0.1, 0.15) is 10.6 Å². The number of methoxy groups -OCH3 is 1. The Bertz CT molecular complexity index is 1250. The molecule has 0 radical (unpaired) electrons. The molecule has 0 bridgehead atoms. The predicted octanol–water partition coefficient (Wildman–Crippen LogP) is 2.24. The smallest absolute Gasteiger partial charge is 0.419 e. The SMILES string of the molecule is COc1ccccc1-c1c(CC(N)=O)ccc(-n2cc(C(F)(F)F)cn2)c1S(N)(=O)=O. The Kier molecular flexibility index (Phi) is 5.79. The lowest BCUT2D eigenvalue weighted by Gasteiger charge is -2.19. The second-order valence-electron chi connectivity index (χ2n) is 6.51. The number of carbonyl (C=O) groups is 1. The molecule has 0 saturated heterocycles. The summed E-state index contributed by atoms with van der Waals surface area (Å²) >= 11 is 0. The van der Waals surface area contributed by atoms with Gasteiger partial charge >= 0.3 is 6.18 Å². The Morgan fingerprint density at radius 2 is 1.87 bits per heavy atom. The number of rotatable bonds is 6. The van der Waals surface area contributed by atoms with Crippen LogP contribution < -0.4 is 15.6 Å². The summed E-state index contributed by atoms with van der Waals surface area (Å²) in [7, 11) is -3.16. The highest BCUT2D eigenvalue weighted by molar-refractivity contribution is 7.89. The van der Waals surface area contributed by atoms with E-state index in [9.17, 15) is 26.4 Å². The minimum absolute atomic E-state index is 0.0136. The molecule has 1 amide bonds. The molecule has 3 aromatic rings. The number of hydrogen-bond donors (Lipinski definition) is 2. The van der Waals surface area contributed by atoms with Gasteiger partial charge < -0.3 is 10.5 Å². The zero-order valence-electron chi connectivity index (χ0n) is 16.1. The molecule has 1 aromatic heterocycles. The number of ether oxygens (including phenoxy) is 1. The molecule has 3 rings (SSSR count). The van der Waals surface area contributed by atoms with Gasteiger partial charge in [-0.25, -0.2) is 18.2 Å². The minimum atomic E-state index is -4.68. The summed E-state index contributed by atoms with van der Waals surface area (Å²) in [5, 5.41) is 9.12. The number of primary sulfonamides is 1. The van der Waals surface area contributed by atoms with Crippen LogP contribution in [0.2, 0.25) is 0 Å². The highest BCUT2D eigenvalue weighted by Crippen LogP contribution is 2.40. The van der Waals surface area contributed by atoms with Gasteiger partial charge in [0.05, 0.1) is 31.0 Å². The number of alkyl halides is 3. The van der Waals surface area contributed by atoms with Gasteiger partial charge in [0.15, 0.2) is 0 Å². The number of primary amides is 1. The molecule has 0 spiro atoms. The van der Waals surface area contributed by atoms with Crippen molar-refractivity contribution in [1.29, 1.82) is 0 Å². The highest BCUT2D eigenvalue weighted by Gasteiger charge is 2.33. The monoisotopic (exact) mass is 454 g/mol. The molecule has 0 atom stereocenters. The number of benzene rings is 2. The van der Waals surface area contributed by atoms with Crippen molar-refractivity contribution in [3.05, 3.63) is 59.9 Å². The largest absolute Gasteiger partial charge is 0.496 e. The van der Waals surface area contributed by atoms with Gasteiger partial charge in [-0.3, -0.25) is 4.79 Å². The third kappa shape index (κ3) is 4.54. The van der Waals surface area contributed by atoms with Crippen molar-refractivity contribution < 1.29 is 31.1 Å². The molecule has 0 unspecified atom stereocenters. The Morgan fingerprint density at radius 1 is 1.19 bits per heavy atom. The quantitative estimate of drug-likeness (QED) is 0.590. The third-order valence-electron chi connectivity index (χ3n) is 4.41. The van der Waals surface area contributed by atoms with Crippen LogP contribution in [0.15, 0.2) is 53.7 Å². The molecule has 1 heterocycles. The molecule has 2 aromatic carbocycles. The summed E-state index contributed by atoms with van der Waals surface area (Å²) in [5.74, 6) is -0.491. The lowest BCUT2D eigenvalue weighted by atomic mass is 9.95. The van der Waals surface area contributed by atoms with Crippen LogP contribution in [-0.2, 0) is 27.4 Å². The van der Waals surface area contributed by atoms with Crippen LogP contribution in [-0.4, -0.2) is 31.2 Å². The van der Waals surface area contributed by atoms with E-state index in [2.05, 4.69) is 5.10 Å². The molecule has 31 heavy (non-hydrogen) atoms. The molecule has 0 fully saturated rings. The Morgan fingerprint density at radius 3 is 2.42 bits per heavy atom. The van der Waals surface area contributed by atoms with Crippen molar-refractivity contribution in [2.24, 2.45) is 10.9 Å². The van der Waals surface area contributed by atoms with Gasteiger partial charge in [0, 0.05) is 17.3 Å². The second-order valence-corrected chi connectivity index (χ2v) is 8.01. The van der Waals surface area contributed by atoms with Gasteiger partial charge in [-0.05, 0) is 17.7 Å². The number of nitrogens with two attached hydrogens (primary N) is 2. The fraction of sp³-hybridized carbons (Fsp3) is 0.158. The van der Waals surface area contributed by atoms with Crippen LogP contribution in [0.4, 0.5) is 13.2 Å². The van der Waals surface area contributed by atoms with Gasteiger partial charge in [0.2, 0.25) is 15.9 Å². The van der Waals surface area contributed by atoms with E-state index in [1.54, 1.807) is 18.2 Å². The summed E-state index contributed by atoms with van der Waals surface area (Å²) < 4.78 is 70.4. The molecule has 0 aliphatic heterocycles. The van der Waals surface area contributed by atoms with Crippen molar-refractivity contribution in [3.63, 3.8) is 0 Å². The molecule has 164 valence electrons. The molecule has 4 N–H and O–H groups in total. The van der Waals surface area contributed by atoms with E-state index in [0.29, 0.717) is 12.4 Å². The zero-order valence-corrected chi connectivity index (χ0v) is 16.9. The highest BCUT2D eigenvalue weighted by atomic mass is 32.2. The maximum atomic E-state index is 13.0. The van der Waals surface area contributed by atoms with Crippen molar-refractivity contribution >= 4 is 15.9 Å². The number of para-hydroxylation sites is 1. The maximum absolute atomic E-state index is 13.0. The van der Waals surface area contributed by atoms with E-state index in [-0.39, 0.29) is 34.5 Å². The number of nitrogens with zero attached hydrogens (tertiary/aromatic N) is 2. The van der Waals surface area contributed by atoms with Crippen LogP contribution in [0.25, 0.3) is 16.8 Å². The van der Waals surface area contributed by atoms with Crippen LogP contribution in [0, 0.1) is 0 Å². The number of hydrogen-bond acceptors (Lipinski definition) is 5. The number of aromatic nitrogens is 2. The Labute approximate surface area is 175 Å². The maximum Gasteiger partial charge on any atom is 0.419 e. The summed E-state index contributed by atoms with van der Waals surface area (Å²) in [5.41, 5.74) is 4.45. The molecule has 12 heteroatoms. The molecule has 0 saturated carbocycles. The zero-order chi connectivity index (χ0) is 23.0. The summed E-state index contributed by atoms with van der Waals surface area (Å²) in [6.45, 7) is 0. The topological polar surface area (TPSA) is 130 Å². The van der Waals surface area contributed by atoms with Crippen molar-refractivity contribution in [3.8, 4) is 22.6 Å². The standard InChI is InChI=1S/C19H17F3N4O4S/c1-30-15-5-3-2-4-13(15)17-11(8-16(23)27)6-7-14(18(17)31(24,28)29)26-10-12(9-25-26)19(20,21)22/h2-7,9-10H,8H2,1H3,(H2,23,27)(H2,24,28,29). The predicted molar refractivity (Wildman–Crippen MR) is 105 cm³/mol. The number of sulfonamides is 1. The van der Waals surface area contributed by atoms with E-state index in [4.69, 9.17) is 15.6 Å². The first kappa shape index (κ1) is 22.3. The molecule has 8 nitrogen and oxygen atoms in total. The van der Waals surface area contributed by atoms with Crippen LogP contribution in [0.5, 0.6) is 5.75 Å². The fourth-order valence-corrected chi connectivity index (χ4v) is 4.14. The first-order valence-corrected chi connectivity index (χ1v) is 10.2. The van der Waals surface area contributed by atoms with Crippen molar-refractivity contribution in [2.45, 2.75) is 17.5 Å².